The molecule has 0 spiro atoms. The molecule has 0 saturated carbocycles. The Labute approximate surface area is 144 Å². The number of para-hydroxylation sites is 1. The van der Waals surface area contributed by atoms with E-state index in [0.717, 1.165) is 22.2 Å². The van der Waals surface area contributed by atoms with Crippen molar-refractivity contribution in [3.05, 3.63) is 72.3 Å². The fourth-order valence-electron chi connectivity index (χ4n) is 3.22. The maximum atomic E-state index is 12.4. The van der Waals surface area contributed by atoms with E-state index in [1.165, 1.54) is 0 Å². The standard InChI is InChI=1S/C20H16N2O3/c23-20-19(21-24)17-7-3-4-8-18(17)22(20)11-12-25-16-10-9-14-5-1-2-6-15(14)13-16/h1-10,13,24H,11-12H2/p+1. The van der Waals surface area contributed by atoms with Gasteiger partial charge in [0.1, 0.15) is 24.6 Å². The van der Waals surface area contributed by atoms with E-state index >= 15 is 0 Å². The van der Waals surface area contributed by atoms with Crippen LogP contribution < -0.4 is 9.64 Å². The van der Waals surface area contributed by atoms with Gasteiger partial charge in [-0.25, -0.2) is 9.69 Å². The van der Waals surface area contributed by atoms with E-state index in [4.69, 9.17) is 9.94 Å². The minimum Gasteiger partial charge on any atom is -0.488 e. The highest BCUT2D eigenvalue weighted by molar-refractivity contribution is 6.45. The number of amides is 1. The van der Waals surface area contributed by atoms with E-state index in [1.54, 1.807) is 6.07 Å². The highest BCUT2D eigenvalue weighted by Gasteiger charge is 2.40. The summed E-state index contributed by atoms with van der Waals surface area (Å²) in [7, 11) is 0. The summed E-state index contributed by atoms with van der Waals surface area (Å²) in [6.07, 6.45) is 0. The molecule has 1 atom stereocenters. The van der Waals surface area contributed by atoms with Gasteiger partial charge < -0.3 is 9.94 Å². The number of hydrogen-bond acceptors (Lipinski definition) is 4. The second-order valence-corrected chi connectivity index (χ2v) is 5.91. The maximum absolute atomic E-state index is 12.4. The molecule has 1 aliphatic rings. The third kappa shape index (κ3) is 2.75. The minimum atomic E-state index is -0.231. The number of quaternary nitrogens is 1. The molecular formula is C20H17N2O3+. The molecule has 4 rings (SSSR count). The number of nitrogens with zero attached hydrogens (tertiary/aromatic N) is 1. The van der Waals surface area contributed by atoms with Crippen LogP contribution >= 0.6 is 0 Å². The molecule has 0 aliphatic carbocycles. The Bertz CT molecular complexity index is 981. The topological polar surface area (TPSA) is 63.3 Å². The summed E-state index contributed by atoms with van der Waals surface area (Å²) in [5.74, 6) is 0.542. The lowest BCUT2D eigenvalue weighted by Crippen LogP contribution is -3.09. The Balaban J connectivity index is 1.48. The van der Waals surface area contributed by atoms with Crippen molar-refractivity contribution in [2.45, 2.75) is 0 Å². The smallest absolute Gasteiger partial charge is 0.372 e. The van der Waals surface area contributed by atoms with Gasteiger partial charge >= 0.3 is 5.91 Å². The van der Waals surface area contributed by atoms with Gasteiger partial charge in [0.25, 0.3) is 0 Å². The van der Waals surface area contributed by atoms with Crippen LogP contribution in [0.5, 0.6) is 5.75 Å². The summed E-state index contributed by atoms with van der Waals surface area (Å²) < 4.78 is 5.83. The molecule has 0 aromatic heterocycles. The van der Waals surface area contributed by atoms with Gasteiger partial charge in [0, 0.05) is 6.07 Å². The number of rotatable bonds is 4. The van der Waals surface area contributed by atoms with Crippen molar-refractivity contribution in [2.24, 2.45) is 5.16 Å². The monoisotopic (exact) mass is 333 g/mol. The van der Waals surface area contributed by atoms with Crippen LogP contribution in [0.1, 0.15) is 5.56 Å². The first-order valence-corrected chi connectivity index (χ1v) is 8.12. The number of nitrogens with one attached hydrogen (secondary N) is 1. The summed E-state index contributed by atoms with van der Waals surface area (Å²) >= 11 is 0. The first-order chi connectivity index (χ1) is 12.3. The number of benzene rings is 3. The highest BCUT2D eigenvalue weighted by atomic mass is 16.5. The molecule has 5 nitrogen and oxygen atoms in total. The molecule has 0 radical (unpaired) electrons. The van der Waals surface area contributed by atoms with Crippen molar-refractivity contribution in [3.63, 3.8) is 0 Å². The summed E-state index contributed by atoms with van der Waals surface area (Å²) in [6.45, 7) is 0.841. The Hall–Kier alpha value is -3.18. The molecule has 1 unspecified atom stereocenters. The van der Waals surface area contributed by atoms with E-state index in [0.29, 0.717) is 23.6 Å². The molecule has 0 saturated heterocycles. The van der Waals surface area contributed by atoms with E-state index in [1.807, 2.05) is 54.6 Å². The number of ether oxygens (including phenoxy) is 1. The van der Waals surface area contributed by atoms with Gasteiger partial charge in [-0.15, -0.1) is 0 Å². The van der Waals surface area contributed by atoms with Crippen molar-refractivity contribution < 1.29 is 19.6 Å². The number of hydrogen-bond donors (Lipinski definition) is 2. The fourth-order valence-corrected chi connectivity index (χ4v) is 3.22. The van der Waals surface area contributed by atoms with Crippen LogP contribution in [-0.2, 0) is 4.79 Å². The second-order valence-electron chi connectivity index (χ2n) is 5.91. The van der Waals surface area contributed by atoms with E-state index in [-0.39, 0.29) is 11.6 Å². The Kier molecular flexibility index (Phi) is 3.91. The van der Waals surface area contributed by atoms with Crippen molar-refractivity contribution in [3.8, 4) is 5.75 Å². The van der Waals surface area contributed by atoms with Crippen LogP contribution in [-0.4, -0.2) is 30.0 Å². The molecule has 3 aromatic carbocycles. The molecule has 3 aromatic rings. The summed E-state index contributed by atoms with van der Waals surface area (Å²) in [6, 6.07) is 21.4. The highest BCUT2D eigenvalue weighted by Crippen LogP contribution is 2.20. The van der Waals surface area contributed by atoms with E-state index < -0.39 is 0 Å². The number of oxime groups is 1. The Morgan fingerprint density at radius 1 is 0.960 bits per heavy atom. The second kappa shape index (κ2) is 6.37. The zero-order valence-corrected chi connectivity index (χ0v) is 13.5. The van der Waals surface area contributed by atoms with Crippen LogP contribution in [0.3, 0.4) is 0 Å². The number of fused-ring (bicyclic) bond motifs is 2. The summed E-state index contributed by atoms with van der Waals surface area (Å²) in [4.78, 5) is 13.1. The van der Waals surface area contributed by atoms with Gasteiger partial charge in [-0.1, -0.05) is 47.6 Å². The largest absolute Gasteiger partial charge is 0.488 e. The average Bonchev–Trinajstić information content (AvgIpc) is 2.93. The van der Waals surface area contributed by atoms with Crippen LogP contribution in [0, 0.1) is 0 Å². The average molecular weight is 333 g/mol. The van der Waals surface area contributed by atoms with E-state index in [2.05, 4.69) is 11.2 Å². The molecule has 1 amide bonds. The van der Waals surface area contributed by atoms with Crippen molar-refractivity contribution in [1.29, 1.82) is 0 Å². The van der Waals surface area contributed by atoms with Crippen molar-refractivity contribution in [2.75, 3.05) is 13.2 Å². The number of carbonyl (C=O) groups excluding carboxylic acids is 1. The zero-order valence-electron chi connectivity index (χ0n) is 13.5. The Morgan fingerprint density at radius 3 is 2.56 bits per heavy atom. The van der Waals surface area contributed by atoms with Gasteiger partial charge in [-0.05, 0) is 29.0 Å². The van der Waals surface area contributed by atoms with Crippen molar-refractivity contribution >= 4 is 28.1 Å². The molecule has 1 aliphatic heterocycles. The first kappa shape index (κ1) is 15.4. The lowest BCUT2D eigenvalue weighted by Gasteiger charge is -2.12. The lowest BCUT2D eigenvalue weighted by atomic mass is 10.1. The van der Waals surface area contributed by atoms with Gasteiger partial charge in [-0.3, -0.25) is 0 Å². The normalized spacial score (nSPS) is 17.8. The van der Waals surface area contributed by atoms with Gasteiger partial charge in [-0.2, -0.15) is 0 Å². The quantitative estimate of drug-likeness (QED) is 0.568. The molecule has 0 bridgehead atoms. The molecule has 0 fully saturated rings. The van der Waals surface area contributed by atoms with Crippen LogP contribution in [0.25, 0.3) is 10.8 Å². The lowest BCUT2D eigenvalue weighted by molar-refractivity contribution is -0.742. The Morgan fingerprint density at radius 2 is 1.72 bits per heavy atom. The third-order valence-corrected chi connectivity index (χ3v) is 4.44. The van der Waals surface area contributed by atoms with Crippen LogP contribution in [0.15, 0.2) is 71.9 Å². The number of carbonyl (C=O) groups is 1. The molecule has 1 heterocycles. The maximum Gasteiger partial charge on any atom is 0.372 e. The van der Waals surface area contributed by atoms with Crippen molar-refractivity contribution in [1.82, 2.24) is 0 Å². The molecule has 2 N–H and O–H groups in total. The minimum absolute atomic E-state index is 0.108. The predicted molar refractivity (Wildman–Crippen MR) is 94.7 cm³/mol. The van der Waals surface area contributed by atoms with Gasteiger partial charge in [0.2, 0.25) is 5.71 Å². The fraction of sp³-hybridized carbons (Fsp3) is 0.100. The summed E-state index contributed by atoms with van der Waals surface area (Å²) in [5, 5.41) is 14.6. The van der Waals surface area contributed by atoms with Crippen LogP contribution in [0.2, 0.25) is 0 Å². The third-order valence-electron chi connectivity index (χ3n) is 4.44. The van der Waals surface area contributed by atoms with E-state index in [9.17, 15) is 4.79 Å². The molecule has 5 heteroatoms. The summed E-state index contributed by atoms with van der Waals surface area (Å²) in [5.41, 5.74) is 1.61. The first-order valence-electron chi connectivity index (χ1n) is 8.12. The predicted octanol–water partition coefficient (Wildman–Crippen LogP) is 2.15. The van der Waals surface area contributed by atoms with Crippen LogP contribution in [0.4, 0.5) is 5.69 Å². The SMILES string of the molecule is O=C1C(=NO)c2ccccc2[NH+]1CCOc1ccc2ccccc2c1. The molecule has 124 valence electrons. The molecular weight excluding hydrogens is 316 g/mol. The van der Waals surface area contributed by atoms with Gasteiger partial charge in [0.15, 0.2) is 0 Å². The zero-order chi connectivity index (χ0) is 17.2. The molecule has 25 heavy (non-hydrogen) atoms. The van der Waals surface area contributed by atoms with Gasteiger partial charge in [0.05, 0.1) is 5.56 Å².